The lowest BCUT2D eigenvalue weighted by Crippen LogP contribution is -2.23. The van der Waals surface area contributed by atoms with Crippen LogP contribution in [0.5, 0.6) is 0 Å². The Hall–Kier alpha value is -0.370. The number of rotatable bonds is 4. The van der Waals surface area contributed by atoms with Crippen LogP contribution in [0, 0.1) is 12.3 Å². The van der Waals surface area contributed by atoms with Gasteiger partial charge in [0.25, 0.3) is 0 Å². The molecule has 0 saturated carbocycles. The standard InChI is InChI=1S/C7H12O3S/c1-4-7(2,8)5-6-10-11(3)9/h1,8H,5-6H2,2-3H3. The Morgan fingerprint density at radius 2 is 2.36 bits per heavy atom. The molecule has 0 aliphatic carbocycles. The molecule has 4 heteroatoms. The van der Waals surface area contributed by atoms with Gasteiger partial charge in [0, 0.05) is 12.7 Å². The molecular formula is C7H12O3S. The lowest BCUT2D eigenvalue weighted by atomic mass is 10.1. The molecular weight excluding hydrogens is 164 g/mol. The van der Waals surface area contributed by atoms with Gasteiger partial charge in [0.2, 0.25) is 0 Å². The zero-order valence-corrected chi connectivity index (χ0v) is 7.48. The first-order chi connectivity index (χ1) is 4.98. The van der Waals surface area contributed by atoms with Crippen molar-refractivity contribution < 1.29 is 13.5 Å². The maximum Gasteiger partial charge on any atom is 0.152 e. The molecule has 2 unspecified atom stereocenters. The van der Waals surface area contributed by atoms with Gasteiger partial charge in [-0.25, -0.2) is 4.21 Å². The molecule has 11 heavy (non-hydrogen) atoms. The van der Waals surface area contributed by atoms with Crippen LogP contribution in [0.15, 0.2) is 0 Å². The summed E-state index contributed by atoms with van der Waals surface area (Å²) in [7, 11) is 0. The maximum absolute atomic E-state index is 10.4. The SMILES string of the molecule is C#CC(C)(O)CCOS(C)=O. The molecule has 64 valence electrons. The first kappa shape index (κ1) is 10.6. The van der Waals surface area contributed by atoms with Gasteiger partial charge in [-0.2, -0.15) is 0 Å². The van der Waals surface area contributed by atoms with Crippen molar-refractivity contribution in [1.29, 1.82) is 0 Å². The van der Waals surface area contributed by atoms with Crippen LogP contribution in [0.1, 0.15) is 13.3 Å². The van der Waals surface area contributed by atoms with Crippen LogP contribution in [0.4, 0.5) is 0 Å². The average molecular weight is 176 g/mol. The van der Waals surface area contributed by atoms with Crippen molar-refractivity contribution in [3.63, 3.8) is 0 Å². The zero-order chi connectivity index (χ0) is 8.91. The molecule has 0 fully saturated rings. The fraction of sp³-hybridized carbons (Fsp3) is 0.714. The molecule has 0 heterocycles. The van der Waals surface area contributed by atoms with E-state index in [2.05, 4.69) is 5.92 Å². The molecule has 0 radical (unpaired) electrons. The van der Waals surface area contributed by atoms with E-state index in [-0.39, 0.29) is 6.61 Å². The second kappa shape index (κ2) is 4.50. The second-order valence-corrected chi connectivity index (χ2v) is 3.43. The minimum atomic E-state index is -1.28. The van der Waals surface area contributed by atoms with E-state index in [1.54, 1.807) is 0 Å². The van der Waals surface area contributed by atoms with E-state index in [0.717, 1.165) is 0 Å². The Morgan fingerprint density at radius 3 is 2.73 bits per heavy atom. The predicted molar refractivity (Wildman–Crippen MR) is 44.1 cm³/mol. The van der Waals surface area contributed by atoms with Gasteiger partial charge in [-0.05, 0) is 6.92 Å². The fourth-order valence-corrected chi connectivity index (χ4v) is 0.748. The smallest absolute Gasteiger partial charge is 0.152 e. The molecule has 0 aliphatic rings. The van der Waals surface area contributed by atoms with Crippen LogP contribution in [0.3, 0.4) is 0 Å². The molecule has 0 saturated heterocycles. The minimum absolute atomic E-state index is 0.209. The van der Waals surface area contributed by atoms with Crippen LogP contribution in [-0.2, 0) is 15.3 Å². The Balaban J connectivity index is 3.56. The molecule has 0 amide bonds. The summed E-state index contributed by atoms with van der Waals surface area (Å²) in [5, 5.41) is 9.22. The van der Waals surface area contributed by atoms with Crippen molar-refractivity contribution >= 4 is 11.1 Å². The predicted octanol–water partition coefficient (Wildman–Crippen LogP) is 0.0708. The van der Waals surface area contributed by atoms with Crippen LogP contribution in [0.2, 0.25) is 0 Å². The second-order valence-electron chi connectivity index (χ2n) is 2.39. The molecule has 2 atom stereocenters. The van der Waals surface area contributed by atoms with Crippen LogP contribution in [-0.4, -0.2) is 27.8 Å². The van der Waals surface area contributed by atoms with E-state index in [0.29, 0.717) is 6.42 Å². The molecule has 0 bridgehead atoms. The van der Waals surface area contributed by atoms with Crippen molar-refractivity contribution in [3.05, 3.63) is 0 Å². The van der Waals surface area contributed by atoms with Crippen LogP contribution in [0.25, 0.3) is 0 Å². The van der Waals surface area contributed by atoms with E-state index >= 15 is 0 Å². The molecule has 0 aromatic carbocycles. The summed E-state index contributed by atoms with van der Waals surface area (Å²) in [5.74, 6) is 2.19. The Morgan fingerprint density at radius 1 is 1.82 bits per heavy atom. The Labute approximate surface area is 69.4 Å². The lowest BCUT2D eigenvalue weighted by molar-refractivity contribution is 0.0955. The number of hydrogen-bond acceptors (Lipinski definition) is 3. The third kappa shape index (κ3) is 6.05. The van der Waals surface area contributed by atoms with Gasteiger partial charge >= 0.3 is 0 Å². The van der Waals surface area contributed by atoms with Crippen molar-refractivity contribution in [2.75, 3.05) is 12.9 Å². The molecule has 0 rings (SSSR count). The monoisotopic (exact) mass is 176 g/mol. The van der Waals surface area contributed by atoms with Gasteiger partial charge in [-0.3, -0.25) is 4.18 Å². The minimum Gasteiger partial charge on any atom is -0.378 e. The van der Waals surface area contributed by atoms with Gasteiger partial charge < -0.3 is 5.11 Å². The van der Waals surface area contributed by atoms with Gasteiger partial charge in [0.05, 0.1) is 6.61 Å². The van der Waals surface area contributed by atoms with E-state index in [4.69, 9.17) is 10.6 Å². The molecule has 0 aromatic heterocycles. The lowest BCUT2D eigenvalue weighted by Gasteiger charge is -2.14. The van der Waals surface area contributed by atoms with Gasteiger partial charge in [-0.15, -0.1) is 6.42 Å². The summed E-state index contributed by atoms with van der Waals surface area (Å²) in [4.78, 5) is 0. The van der Waals surface area contributed by atoms with Crippen molar-refractivity contribution in [2.45, 2.75) is 18.9 Å². The highest BCUT2D eigenvalue weighted by Crippen LogP contribution is 2.06. The summed E-state index contributed by atoms with van der Waals surface area (Å²) >= 11 is -1.28. The van der Waals surface area contributed by atoms with E-state index in [9.17, 15) is 9.32 Å². The quantitative estimate of drug-likeness (QED) is 0.617. The topological polar surface area (TPSA) is 46.5 Å². The fourth-order valence-electron chi connectivity index (χ4n) is 0.430. The van der Waals surface area contributed by atoms with Crippen LogP contribution < -0.4 is 0 Å². The van der Waals surface area contributed by atoms with Crippen LogP contribution >= 0.6 is 0 Å². The molecule has 0 spiro atoms. The van der Waals surface area contributed by atoms with E-state index < -0.39 is 16.7 Å². The summed E-state index contributed by atoms with van der Waals surface area (Å²) in [6.07, 6.45) is 6.71. The summed E-state index contributed by atoms with van der Waals surface area (Å²) in [6, 6.07) is 0. The molecule has 0 aromatic rings. The highest BCUT2D eigenvalue weighted by atomic mass is 32.2. The average Bonchev–Trinajstić information content (AvgIpc) is 1.87. The third-order valence-corrected chi connectivity index (χ3v) is 1.65. The largest absolute Gasteiger partial charge is 0.378 e. The number of hydrogen-bond donors (Lipinski definition) is 1. The Kier molecular flexibility index (Phi) is 4.34. The zero-order valence-electron chi connectivity index (χ0n) is 6.66. The van der Waals surface area contributed by atoms with Crippen molar-refractivity contribution in [1.82, 2.24) is 0 Å². The Bertz CT molecular complexity index is 181. The number of terminal acetylenes is 1. The summed E-state index contributed by atoms with van der Waals surface area (Å²) < 4.78 is 15.1. The summed E-state index contributed by atoms with van der Waals surface area (Å²) in [6.45, 7) is 1.72. The van der Waals surface area contributed by atoms with Gasteiger partial charge in [-0.1, -0.05) is 5.92 Å². The number of aliphatic hydroxyl groups is 1. The maximum atomic E-state index is 10.4. The molecule has 3 nitrogen and oxygen atoms in total. The summed E-state index contributed by atoms with van der Waals surface area (Å²) in [5.41, 5.74) is -1.15. The third-order valence-electron chi connectivity index (χ3n) is 1.15. The van der Waals surface area contributed by atoms with E-state index in [1.165, 1.54) is 13.2 Å². The first-order valence-electron chi connectivity index (χ1n) is 3.15. The highest BCUT2D eigenvalue weighted by molar-refractivity contribution is 7.79. The van der Waals surface area contributed by atoms with Crippen molar-refractivity contribution in [2.24, 2.45) is 0 Å². The van der Waals surface area contributed by atoms with Gasteiger partial charge in [0.15, 0.2) is 11.1 Å². The normalized spacial score (nSPS) is 18.4. The molecule has 0 aliphatic heterocycles. The first-order valence-corrected chi connectivity index (χ1v) is 4.63. The highest BCUT2D eigenvalue weighted by Gasteiger charge is 2.15. The van der Waals surface area contributed by atoms with Crippen molar-refractivity contribution in [3.8, 4) is 12.3 Å². The van der Waals surface area contributed by atoms with Gasteiger partial charge in [0.1, 0.15) is 5.60 Å². The van der Waals surface area contributed by atoms with E-state index in [1.807, 2.05) is 0 Å². The molecule has 1 N–H and O–H groups in total.